The van der Waals surface area contributed by atoms with Crippen molar-refractivity contribution in [3.05, 3.63) is 105 Å². The van der Waals surface area contributed by atoms with Crippen molar-refractivity contribution in [3.8, 4) is 0 Å². The van der Waals surface area contributed by atoms with Crippen molar-refractivity contribution < 1.29 is 4.84 Å². The molecule has 4 aromatic rings. The Morgan fingerprint density at radius 1 is 0.900 bits per heavy atom. The molecule has 30 heavy (non-hydrogen) atoms. The lowest BCUT2D eigenvalue weighted by Crippen LogP contribution is -2.06. The topological polar surface area (TPSA) is 21.6 Å². The van der Waals surface area contributed by atoms with Crippen LogP contribution in [0.15, 0.2) is 83.3 Å². The molecule has 0 fully saturated rings. The number of thiophene rings is 1. The lowest BCUT2D eigenvalue weighted by molar-refractivity contribution is 0.130. The maximum Gasteiger partial charge on any atom is 0.142 e. The minimum atomic E-state index is 0.422. The number of benzene rings is 3. The van der Waals surface area contributed by atoms with Crippen molar-refractivity contribution >= 4 is 62.1 Å². The van der Waals surface area contributed by atoms with E-state index in [0.29, 0.717) is 22.4 Å². The van der Waals surface area contributed by atoms with Crippen LogP contribution in [0.4, 0.5) is 0 Å². The van der Waals surface area contributed by atoms with Crippen molar-refractivity contribution in [2.24, 2.45) is 5.16 Å². The molecular formula is C24H19Cl2NOS2. The fourth-order valence-corrected chi connectivity index (χ4v) is 4.97. The number of halogens is 2. The van der Waals surface area contributed by atoms with Crippen LogP contribution in [0.2, 0.25) is 10.0 Å². The molecule has 1 aromatic heterocycles. The van der Waals surface area contributed by atoms with Gasteiger partial charge in [-0.15, -0.1) is 11.3 Å². The lowest BCUT2D eigenvalue weighted by atomic mass is 10.1. The van der Waals surface area contributed by atoms with Gasteiger partial charge in [0.2, 0.25) is 0 Å². The van der Waals surface area contributed by atoms with E-state index in [1.54, 1.807) is 29.2 Å². The van der Waals surface area contributed by atoms with E-state index in [4.69, 9.17) is 28.0 Å². The van der Waals surface area contributed by atoms with E-state index < -0.39 is 0 Å². The molecule has 0 amide bonds. The highest BCUT2D eigenvalue weighted by Crippen LogP contribution is 2.26. The molecule has 2 nitrogen and oxygen atoms in total. The molecule has 0 N–H and O–H groups in total. The second-order valence-electron chi connectivity index (χ2n) is 6.71. The van der Waals surface area contributed by atoms with Gasteiger partial charge in [-0.1, -0.05) is 70.8 Å². The average Bonchev–Trinajstić information content (AvgIpc) is 3.23. The second kappa shape index (κ2) is 10.4. The Kier molecular flexibility index (Phi) is 7.34. The largest absolute Gasteiger partial charge is 0.391 e. The first-order valence-electron chi connectivity index (χ1n) is 9.41. The van der Waals surface area contributed by atoms with Crippen LogP contribution in [0.25, 0.3) is 10.1 Å². The van der Waals surface area contributed by atoms with E-state index >= 15 is 0 Å². The molecular weight excluding hydrogens is 453 g/mol. The van der Waals surface area contributed by atoms with Gasteiger partial charge in [0.25, 0.3) is 0 Å². The van der Waals surface area contributed by atoms with Crippen LogP contribution in [-0.4, -0.2) is 11.5 Å². The molecule has 0 radical (unpaired) electrons. The molecule has 0 aliphatic heterocycles. The van der Waals surface area contributed by atoms with E-state index in [2.05, 4.69) is 34.8 Å². The number of rotatable bonds is 8. The Morgan fingerprint density at radius 3 is 2.60 bits per heavy atom. The molecule has 0 aliphatic rings. The molecule has 3 aromatic carbocycles. The number of oxime groups is 1. The van der Waals surface area contributed by atoms with E-state index in [9.17, 15) is 0 Å². The molecule has 0 unspecified atom stereocenters. The van der Waals surface area contributed by atoms with Crippen LogP contribution in [0.3, 0.4) is 0 Å². The lowest BCUT2D eigenvalue weighted by Gasteiger charge is -2.09. The summed E-state index contributed by atoms with van der Waals surface area (Å²) in [5.74, 6) is 1.60. The van der Waals surface area contributed by atoms with Gasteiger partial charge in [0, 0.05) is 21.8 Å². The first-order valence-corrected chi connectivity index (χ1v) is 12.2. The maximum atomic E-state index is 6.23. The van der Waals surface area contributed by atoms with Crippen LogP contribution in [0.1, 0.15) is 16.7 Å². The molecule has 0 bridgehead atoms. The summed E-state index contributed by atoms with van der Waals surface area (Å²) in [6, 6.07) is 24.3. The summed E-state index contributed by atoms with van der Waals surface area (Å²) in [5, 5.41) is 8.89. The molecule has 0 aliphatic carbocycles. The monoisotopic (exact) mass is 471 g/mol. The Labute approximate surface area is 194 Å². The van der Waals surface area contributed by atoms with Crippen molar-refractivity contribution in [3.63, 3.8) is 0 Å². The van der Waals surface area contributed by atoms with Gasteiger partial charge in [-0.3, -0.25) is 0 Å². The van der Waals surface area contributed by atoms with Crippen LogP contribution >= 0.6 is 46.3 Å². The predicted octanol–water partition coefficient (Wildman–Crippen LogP) is 8.06. The Balaban J connectivity index is 1.45. The van der Waals surface area contributed by atoms with Gasteiger partial charge in [0.05, 0.1) is 15.8 Å². The van der Waals surface area contributed by atoms with Crippen LogP contribution in [0, 0.1) is 0 Å². The number of hydrogen-bond donors (Lipinski definition) is 0. The SMILES string of the molecule is Clc1ccc(C(CSCc2ccc3sccc3c2)=NOCc2ccccc2)cc1Cl. The van der Waals surface area contributed by atoms with E-state index in [1.165, 1.54) is 15.6 Å². The third-order valence-electron chi connectivity index (χ3n) is 4.53. The predicted molar refractivity (Wildman–Crippen MR) is 132 cm³/mol. The summed E-state index contributed by atoms with van der Waals surface area (Å²) in [5.41, 5.74) is 4.13. The number of nitrogens with zero attached hydrogens (tertiary/aromatic N) is 1. The molecule has 0 saturated carbocycles. The molecule has 4 rings (SSSR count). The van der Waals surface area contributed by atoms with Gasteiger partial charge in [-0.2, -0.15) is 11.8 Å². The molecule has 0 saturated heterocycles. The zero-order valence-corrected chi connectivity index (χ0v) is 19.2. The third-order valence-corrected chi connectivity index (χ3v) is 7.18. The minimum Gasteiger partial charge on any atom is -0.391 e. The molecule has 1 heterocycles. The van der Waals surface area contributed by atoms with Gasteiger partial charge in [0.1, 0.15) is 6.61 Å². The van der Waals surface area contributed by atoms with Crippen molar-refractivity contribution in [1.29, 1.82) is 0 Å². The summed E-state index contributed by atoms with van der Waals surface area (Å²) in [6.07, 6.45) is 0. The highest BCUT2D eigenvalue weighted by atomic mass is 35.5. The van der Waals surface area contributed by atoms with Gasteiger partial charge in [-0.25, -0.2) is 0 Å². The first-order chi connectivity index (χ1) is 14.7. The smallest absolute Gasteiger partial charge is 0.142 e. The number of thioether (sulfide) groups is 1. The van der Waals surface area contributed by atoms with Crippen LogP contribution < -0.4 is 0 Å². The van der Waals surface area contributed by atoms with E-state index in [1.807, 2.05) is 42.5 Å². The number of hydrogen-bond acceptors (Lipinski definition) is 4. The van der Waals surface area contributed by atoms with E-state index in [0.717, 1.165) is 22.6 Å². The fraction of sp³-hybridized carbons (Fsp3) is 0.125. The van der Waals surface area contributed by atoms with Crippen molar-refractivity contribution in [1.82, 2.24) is 0 Å². The van der Waals surface area contributed by atoms with Gasteiger partial charge in [-0.05, 0) is 52.2 Å². The molecule has 0 atom stereocenters. The van der Waals surface area contributed by atoms with Crippen molar-refractivity contribution in [2.75, 3.05) is 5.75 Å². The normalized spacial score (nSPS) is 11.7. The highest BCUT2D eigenvalue weighted by Gasteiger charge is 2.09. The Bertz CT molecular complexity index is 1160. The minimum absolute atomic E-state index is 0.422. The zero-order valence-electron chi connectivity index (χ0n) is 16.1. The van der Waals surface area contributed by atoms with Crippen LogP contribution in [0.5, 0.6) is 0 Å². The fourth-order valence-electron chi connectivity index (χ4n) is 2.97. The Morgan fingerprint density at radius 2 is 1.77 bits per heavy atom. The van der Waals surface area contributed by atoms with E-state index in [-0.39, 0.29) is 0 Å². The van der Waals surface area contributed by atoms with Crippen molar-refractivity contribution in [2.45, 2.75) is 12.4 Å². The average molecular weight is 472 g/mol. The standard InChI is InChI=1S/C24H19Cl2NOS2/c25-21-8-7-19(13-22(21)26)23(27-28-14-17-4-2-1-3-5-17)16-29-15-18-6-9-24-20(12-18)10-11-30-24/h1-13H,14-16H2. The summed E-state index contributed by atoms with van der Waals surface area (Å²) in [4.78, 5) is 5.66. The van der Waals surface area contributed by atoms with Gasteiger partial charge >= 0.3 is 0 Å². The summed E-state index contributed by atoms with van der Waals surface area (Å²) in [7, 11) is 0. The first kappa shape index (κ1) is 21.3. The van der Waals surface area contributed by atoms with Gasteiger partial charge < -0.3 is 4.84 Å². The molecule has 152 valence electrons. The summed E-state index contributed by atoms with van der Waals surface area (Å²) < 4.78 is 1.32. The Hall–Kier alpha value is -1.98. The maximum absolute atomic E-state index is 6.23. The molecule has 0 spiro atoms. The molecule has 6 heteroatoms. The second-order valence-corrected chi connectivity index (χ2v) is 9.46. The summed E-state index contributed by atoms with van der Waals surface area (Å²) in [6.45, 7) is 0.422. The number of fused-ring (bicyclic) bond motifs is 1. The quantitative estimate of drug-likeness (QED) is 0.191. The van der Waals surface area contributed by atoms with Crippen LogP contribution in [-0.2, 0) is 17.2 Å². The highest BCUT2D eigenvalue weighted by molar-refractivity contribution is 7.99. The zero-order chi connectivity index (χ0) is 20.8. The van der Waals surface area contributed by atoms with Gasteiger partial charge in [0.15, 0.2) is 0 Å². The third kappa shape index (κ3) is 5.58. The summed E-state index contributed by atoms with van der Waals surface area (Å²) >= 11 is 15.9.